The Balaban J connectivity index is 1.70. The number of ether oxygens (including phenoxy) is 1. The second kappa shape index (κ2) is 13.6. The molecule has 212 valence electrons. The number of nitrogens with one attached hydrogen (secondary N) is 1. The zero-order valence-electron chi connectivity index (χ0n) is 23.0. The van der Waals surface area contributed by atoms with Gasteiger partial charge in [0.15, 0.2) is 0 Å². The van der Waals surface area contributed by atoms with Gasteiger partial charge in [0, 0.05) is 13.6 Å². The van der Waals surface area contributed by atoms with Crippen molar-refractivity contribution in [1.82, 2.24) is 10.2 Å². The molecule has 0 unspecified atom stereocenters. The minimum Gasteiger partial charge on any atom is -0.457 e. The van der Waals surface area contributed by atoms with Crippen molar-refractivity contribution in [3.05, 3.63) is 121 Å². The molecule has 2 amide bonds. The highest BCUT2D eigenvalue weighted by molar-refractivity contribution is 7.92. The Morgan fingerprint density at radius 2 is 1.32 bits per heavy atom. The molecular formula is C32H33N3O5S. The van der Waals surface area contributed by atoms with Crippen molar-refractivity contribution < 1.29 is 22.7 Å². The summed E-state index contributed by atoms with van der Waals surface area (Å²) in [5.74, 6) is 0.324. The molecule has 4 aromatic carbocycles. The fourth-order valence-electron chi connectivity index (χ4n) is 4.42. The Kier molecular flexibility index (Phi) is 9.76. The number of hydrogen-bond acceptors (Lipinski definition) is 5. The number of amides is 2. The van der Waals surface area contributed by atoms with Crippen molar-refractivity contribution in [2.24, 2.45) is 0 Å². The maximum absolute atomic E-state index is 14.0. The van der Waals surface area contributed by atoms with Crippen LogP contribution in [0.25, 0.3) is 0 Å². The fraction of sp³-hybridized carbons (Fsp3) is 0.188. The number of nitrogens with zero attached hydrogens (tertiary/aromatic N) is 2. The number of para-hydroxylation sites is 1. The Morgan fingerprint density at radius 3 is 1.88 bits per heavy atom. The molecule has 1 N–H and O–H groups in total. The van der Waals surface area contributed by atoms with E-state index in [1.165, 1.54) is 24.1 Å². The number of anilines is 1. The Hall–Kier alpha value is -4.63. The molecule has 9 heteroatoms. The predicted molar refractivity (Wildman–Crippen MR) is 159 cm³/mol. The van der Waals surface area contributed by atoms with E-state index in [1.807, 2.05) is 67.6 Å². The van der Waals surface area contributed by atoms with Gasteiger partial charge in [-0.1, -0.05) is 73.7 Å². The van der Waals surface area contributed by atoms with Crippen LogP contribution in [0.5, 0.6) is 11.5 Å². The normalized spacial score (nSPS) is 11.8. The molecule has 0 spiro atoms. The summed E-state index contributed by atoms with van der Waals surface area (Å²) < 4.78 is 34.7. The van der Waals surface area contributed by atoms with Gasteiger partial charge < -0.3 is 15.0 Å². The summed E-state index contributed by atoms with van der Waals surface area (Å²) >= 11 is 0. The van der Waals surface area contributed by atoms with E-state index in [2.05, 4.69) is 5.32 Å². The molecule has 0 radical (unpaired) electrons. The first-order chi connectivity index (χ1) is 19.8. The fourth-order valence-corrected chi connectivity index (χ4v) is 5.85. The summed E-state index contributed by atoms with van der Waals surface area (Å²) in [7, 11) is -2.63. The van der Waals surface area contributed by atoms with Crippen LogP contribution < -0.4 is 14.4 Å². The van der Waals surface area contributed by atoms with Gasteiger partial charge in [-0.3, -0.25) is 13.9 Å². The first-order valence-electron chi connectivity index (χ1n) is 13.3. The van der Waals surface area contributed by atoms with Gasteiger partial charge in [-0.05, 0) is 60.5 Å². The minimum absolute atomic E-state index is 0.0466. The molecule has 0 saturated heterocycles. The summed E-state index contributed by atoms with van der Waals surface area (Å²) in [6.45, 7) is 1.46. The largest absolute Gasteiger partial charge is 0.457 e. The lowest BCUT2D eigenvalue weighted by atomic mass is 10.1. The van der Waals surface area contributed by atoms with Crippen LogP contribution in [0.1, 0.15) is 18.9 Å². The lowest BCUT2D eigenvalue weighted by molar-refractivity contribution is -0.140. The highest BCUT2D eigenvalue weighted by atomic mass is 32.2. The van der Waals surface area contributed by atoms with E-state index in [0.29, 0.717) is 17.9 Å². The van der Waals surface area contributed by atoms with E-state index in [0.717, 1.165) is 9.87 Å². The third kappa shape index (κ3) is 7.32. The van der Waals surface area contributed by atoms with E-state index < -0.39 is 28.5 Å². The van der Waals surface area contributed by atoms with Crippen molar-refractivity contribution in [2.75, 3.05) is 17.9 Å². The lowest BCUT2D eigenvalue weighted by Gasteiger charge is -2.33. The van der Waals surface area contributed by atoms with Gasteiger partial charge in [-0.2, -0.15) is 0 Å². The number of benzene rings is 4. The summed E-state index contributed by atoms with van der Waals surface area (Å²) in [5, 5.41) is 2.63. The lowest BCUT2D eigenvalue weighted by Crippen LogP contribution is -2.51. The number of sulfonamides is 1. The maximum Gasteiger partial charge on any atom is 0.264 e. The number of likely N-dealkylation sites (N-methyl/N-ethyl adjacent to an activating group) is 1. The minimum atomic E-state index is -4.14. The van der Waals surface area contributed by atoms with E-state index in [1.54, 1.807) is 42.5 Å². The Morgan fingerprint density at radius 1 is 0.780 bits per heavy atom. The second-order valence-electron chi connectivity index (χ2n) is 9.28. The molecule has 1 atom stereocenters. The monoisotopic (exact) mass is 571 g/mol. The molecule has 0 heterocycles. The molecule has 41 heavy (non-hydrogen) atoms. The molecule has 0 aromatic heterocycles. The van der Waals surface area contributed by atoms with Crippen LogP contribution in [-0.4, -0.2) is 44.8 Å². The third-order valence-electron chi connectivity index (χ3n) is 6.54. The molecule has 0 aliphatic carbocycles. The molecule has 0 aliphatic rings. The quantitative estimate of drug-likeness (QED) is 0.251. The van der Waals surface area contributed by atoms with Crippen LogP contribution in [-0.2, 0) is 26.2 Å². The molecule has 4 rings (SSSR count). The van der Waals surface area contributed by atoms with Gasteiger partial charge in [0.2, 0.25) is 11.8 Å². The van der Waals surface area contributed by atoms with Crippen LogP contribution >= 0.6 is 0 Å². The smallest absolute Gasteiger partial charge is 0.264 e. The summed E-state index contributed by atoms with van der Waals surface area (Å²) in [4.78, 5) is 28.2. The van der Waals surface area contributed by atoms with E-state index in [-0.39, 0.29) is 23.0 Å². The van der Waals surface area contributed by atoms with Gasteiger partial charge in [0.05, 0.1) is 10.6 Å². The van der Waals surface area contributed by atoms with Gasteiger partial charge >= 0.3 is 0 Å². The van der Waals surface area contributed by atoms with Crippen LogP contribution in [0.4, 0.5) is 5.69 Å². The van der Waals surface area contributed by atoms with E-state index in [9.17, 15) is 18.0 Å². The van der Waals surface area contributed by atoms with Crippen LogP contribution in [0, 0.1) is 0 Å². The Bertz CT molecular complexity index is 1530. The van der Waals surface area contributed by atoms with Crippen LogP contribution in [0.15, 0.2) is 120 Å². The van der Waals surface area contributed by atoms with Crippen molar-refractivity contribution >= 4 is 27.5 Å². The van der Waals surface area contributed by atoms with Crippen molar-refractivity contribution in [3.8, 4) is 11.5 Å². The van der Waals surface area contributed by atoms with Crippen LogP contribution in [0.2, 0.25) is 0 Å². The molecule has 0 bridgehead atoms. The first-order valence-corrected chi connectivity index (χ1v) is 14.7. The van der Waals surface area contributed by atoms with Crippen molar-refractivity contribution in [3.63, 3.8) is 0 Å². The third-order valence-corrected chi connectivity index (χ3v) is 8.33. The number of hydrogen-bond donors (Lipinski definition) is 1. The van der Waals surface area contributed by atoms with E-state index in [4.69, 9.17) is 4.74 Å². The average molecular weight is 572 g/mol. The highest BCUT2D eigenvalue weighted by Gasteiger charge is 2.33. The zero-order chi connectivity index (χ0) is 29.2. The standard InChI is InChI=1S/C32H33N3O5S/c1-3-30(32(37)33-2)34(23-25-13-7-4-8-14-25)31(36)24-35(41(38,39)29-17-11-6-12-18-29)26-19-21-28(22-20-26)40-27-15-9-5-10-16-27/h4-22,30H,3,23-24H2,1-2H3,(H,33,37)/t30-/m0/s1. The van der Waals surface area contributed by atoms with Crippen molar-refractivity contribution in [1.29, 1.82) is 0 Å². The van der Waals surface area contributed by atoms with Crippen molar-refractivity contribution in [2.45, 2.75) is 30.8 Å². The highest BCUT2D eigenvalue weighted by Crippen LogP contribution is 2.28. The molecule has 0 aliphatic heterocycles. The molecule has 0 fully saturated rings. The van der Waals surface area contributed by atoms with Gasteiger partial charge in [0.25, 0.3) is 10.0 Å². The van der Waals surface area contributed by atoms with Gasteiger partial charge in [-0.15, -0.1) is 0 Å². The molecule has 8 nitrogen and oxygen atoms in total. The summed E-state index contributed by atoms with van der Waals surface area (Å²) in [6, 6.07) is 32.2. The first kappa shape index (κ1) is 29.4. The molecular weight excluding hydrogens is 538 g/mol. The summed E-state index contributed by atoms with van der Waals surface area (Å²) in [6.07, 6.45) is 0.356. The number of rotatable bonds is 12. The molecule has 0 saturated carbocycles. The van der Waals surface area contributed by atoms with Crippen LogP contribution in [0.3, 0.4) is 0 Å². The Labute approximate surface area is 241 Å². The predicted octanol–water partition coefficient (Wildman–Crippen LogP) is 5.23. The zero-order valence-corrected chi connectivity index (χ0v) is 23.8. The van der Waals surface area contributed by atoms with Gasteiger partial charge in [0.1, 0.15) is 24.1 Å². The maximum atomic E-state index is 14.0. The van der Waals surface area contributed by atoms with Gasteiger partial charge in [-0.25, -0.2) is 8.42 Å². The topological polar surface area (TPSA) is 96.0 Å². The van der Waals surface area contributed by atoms with E-state index >= 15 is 0 Å². The number of carbonyl (C=O) groups is 2. The second-order valence-corrected chi connectivity index (χ2v) is 11.1. The molecule has 4 aromatic rings. The SMILES string of the molecule is CC[C@@H](C(=O)NC)N(Cc1ccccc1)C(=O)CN(c1ccc(Oc2ccccc2)cc1)S(=O)(=O)c1ccccc1. The average Bonchev–Trinajstić information content (AvgIpc) is 3.01. The number of carbonyl (C=O) groups excluding carboxylic acids is 2. The summed E-state index contributed by atoms with van der Waals surface area (Å²) in [5.41, 5.74) is 1.11.